The van der Waals surface area contributed by atoms with Crippen molar-refractivity contribution in [1.82, 2.24) is 4.31 Å². The summed E-state index contributed by atoms with van der Waals surface area (Å²) in [4.78, 5) is 13.0. The molecule has 0 spiro atoms. The lowest BCUT2D eigenvalue weighted by Crippen LogP contribution is -2.44. The highest BCUT2D eigenvalue weighted by atomic mass is 35.5. The Kier molecular flexibility index (Phi) is 9.07. The van der Waals surface area contributed by atoms with Gasteiger partial charge in [-0.05, 0) is 73.5 Å². The first-order chi connectivity index (χ1) is 18.5. The van der Waals surface area contributed by atoms with E-state index in [1.165, 1.54) is 35.7 Å². The first kappa shape index (κ1) is 29.2. The SMILES string of the molecule is COc1ccc(NS(=O)(=O)c2ccc(NC(=O)[C@@H]3CCCN(S(=O)(=O)Cc4c(Cl)cccc4Cl)C3)cc2)cc1. The molecule has 1 fully saturated rings. The van der Waals surface area contributed by atoms with Crippen molar-refractivity contribution in [2.75, 3.05) is 30.2 Å². The Morgan fingerprint density at radius 2 is 1.56 bits per heavy atom. The third-order valence-electron chi connectivity index (χ3n) is 6.31. The molecule has 1 aliphatic heterocycles. The van der Waals surface area contributed by atoms with E-state index < -0.39 is 26.0 Å². The summed E-state index contributed by atoms with van der Waals surface area (Å²) < 4.78 is 60.5. The molecular formula is C26H27Cl2N3O6S2. The Labute approximate surface area is 238 Å². The van der Waals surface area contributed by atoms with Crippen molar-refractivity contribution in [3.8, 4) is 5.75 Å². The predicted octanol–water partition coefficient (Wildman–Crippen LogP) is 4.98. The third kappa shape index (κ3) is 7.23. The molecule has 3 aromatic carbocycles. The molecule has 0 aromatic heterocycles. The van der Waals surface area contributed by atoms with Crippen LogP contribution in [0, 0.1) is 5.92 Å². The number of piperidine rings is 1. The summed E-state index contributed by atoms with van der Waals surface area (Å²) in [5, 5.41) is 3.29. The van der Waals surface area contributed by atoms with Crippen LogP contribution in [0.5, 0.6) is 5.75 Å². The molecule has 39 heavy (non-hydrogen) atoms. The number of sulfonamides is 2. The van der Waals surface area contributed by atoms with Crippen LogP contribution >= 0.6 is 23.2 Å². The van der Waals surface area contributed by atoms with E-state index in [1.54, 1.807) is 42.5 Å². The number of carbonyl (C=O) groups is 1. The third-order valence-corrected chi connectivity index (χ3v) is 10.2. The zero-order valence-corrected chi connectivity index (χ0v) is 24.1. The molecule has 2 N–H and O–H groups in total. The Hall–Kier alpha value is -2.83. The van der Waals surface area contributed by atoms with Crippen molar-refractivity contribution >= 4 is 60.5 Å². The van der Waals surface area contributed by atoms with Gasteiger partial charge in [0, 0.05) is 40.1 Å². The summed E-state index contributed by atoms with van der Waals surface area (Å²) in [6, 6.07) is 17.0. The Morgan fingerprint density at radius 3 is 2.18 bits per heavy atom. The minimum atomic E-state index is -3.85. The van der Waals surface area contributed by atoms with E-state index in [2.05, 4.69) is 10.0 Å². The average Bonchev–Trinajstić information content (AvgIpc) is 2.91. The van der Waals surface area contributed by atoms with Gasteiger partial charge in [0.25, 0.3) is 10.0 Å². The van der Waals surface area contributed by atoms with E-state index in [0.717, 1.165) is 0 Å². The molecule has 9 nitrogen and oxygen atoms in total. The van der Waals surface area contributed by atoms with Gasteiger partial charge in [-0.25, -0.2) is 21.1 Å². The molecule has 13 heteroatoms. The topological polar surface area (TPSA) is 122 Å². The maximum atomic E-state index is 13.1. The number of nitrogens with one attached hydrogen (secondary N) is 2. The molecule has 0 bridgehead atoms. The lowest BCUT2D eigenvalue weighted by molar-refractivity contribution is -0.120. The molecule has 0 unspecified atom stereocenters. The van der Waals surface area contributed by atoms with Gasteiger partial charge in [0.05, 0.1) is 23.7 Å². The molecule has 1 atom stereocenters. The number of carbonyl (C=O) groups excluding carboxylic acids is 1. The largest absolute Gasteiger partial charge is 0.497 e. The number of methoxy groups -OCH3 is 1. The van der Waals surface area contributed by atoms with E-state index in [4.69, 9.17) is 27.9 Å². The van der Waals surface area contributed by atoms with Crippen molar-refractivity contribution in [3.05, 3.63) is 82.3 Å². The number of nitrogens with zero attached hydrogens (tertiary/aromatic N) is 1. The number of halogens is 2. The van der Waals surface area contributed by atoms with Gasteiger partial charge in [-0.2, -0.15) is 0 Å². The fourth-order valence-electron chi connectivity index (χ4n) is 4.19. The molecule has 1 aliphatic rings. The highest BCUT2D eigenvalue weighted by molar-refractivity contribution is 7.92. The van der Waals surface area contributed by atoms with Crippen molar-refractivity contribution in [2.45, 2.75) is 23.5 Å². The van der Waals surface area contributed by atoms with Crippen LogP contribution in [-0.2, 0) is 30.6 Å². The Morgan fingerprint density at radius 1 is 0.949 bits per heavy atom. The molecule has 0 radical (unpaired) electrons. The molecule has 0 saturated carbocycles. The first-order valence-corrected chi connectivity index (χ1v) is 15.8. The van der Waals surface area contributed by atoms with Crippen LogP contribution < -0.4 is 14.8 Å². The second-order valence-corrected chi connectivity index (χ2v) is 13.5. The minimum absolute atomic E-state index is 0.0180. The maximum Gasteiger partial charge on any atom is 0.261 e. The molecule has 0 aliphatic carbocycles. The van der Waals surface area contributed by atoms with Gasteiger partial charge in [0.15, 0.2) is 0 Å². The lowest BCUT2D eigenvalue weighted by Gasteiger charge is -2.31. The molecule has 1 saturated heterocycles. The molecule has 1 amide bonds. The van der Waals surface area contributed by atoms with Gasteiger partial charge in [-0.3, -0.25) is 9.52 Å². The standard InChI is InChI=1S/C26H27Cl2N3O6S2/c1-37-21-11-7-20(8-12-21)30-39(35,36)22-13-9-19(10-14-22)29-26(32)18-4-3-15-31(16-18)38(33,34)17-23-24(27)5-2-6-25(23)28/h2,5-14,18,30H,3-4,15-17H2,1H3,(H,29,32)/t18-/m1/s1. The number of ether oxygens (including phenoxy) is 1. The number of anilines is 2. The zero-order chi connectivity index (χ0) is 28.2. The Balaban J connectivity index is 1.38. The molecule has 3 aromatic rings. The van der Waals surface area contributed by atoms with Gasteiger partial charge in [-0.15, -0.1) is 0 Å². The summed E-state index contributed by atoms with van der Waals surface area (Å²) in [5.41, 5.74) is 1.09. The van der Waals surface area contributed by atoms with E-state index >= 15 is 0 Å². The van der Waals surface area contributed by atoms with Crippen LogP contribution in [0.15, 0.2) is 71.6 Å². The first-order valence-electron chi connectivity index (χ1n) is 12.0. The highest BCUT2D eigenvalue weighted by Gasteiger charge is 2.33. The van der Waals surface area contributed by atoms with Crippen LogP contribution in [0.1, 0.15) is 18.4 Å². The molecular weight excluding hydrogens is 585 g/mol. The second kappa shape index (κ2) is 12.1. The maximum absolute atomic E-state index is 13.1. The van der Waals surface area contributed by atoms with Crippen molar-refractivity contribution in [2.24, 2.45) is 5.92 Å². The molecule has 1 heterocycles. The summed E-state index contributed by atoms with van der Waals surface area (Å²) in [6.07, 6.45) is 1.03. The highest BCUT2D eigenvalue weighted by Crippen LogP contribution is 2.29. The quantitative estimate of drug-likeness (QED) is 0.352. The van der Waals surface area contributed by atoms with Gasteiger partial charge in [-0.1, -0.05) is 29.3 Å². The fraction of sp³-hybridized carbons (Fsp3) is 0.269. The van der Waals surface area contributed by atoms with Crippen LogP contribution in [0.25, 0.3) is 0 Å². The van der Waals surface area contributed by atoms with Crippen molar-refractivity contribution < 1.29 is 26.4 Å². The lowest BCUT2D eigenvalue weighted by atomic mass is 9.99. The normalized spacial score (nSPS) is 16.4. The van der Waals surface area contributed by atoms with Gasteiger partial charge >= 0.3 is 0 Å². The van der Waals surface area contributed by atoms with Crippen molar-refractivity contribution in [1.29, 1.82) is 0 Å². The van der Waals surface area contributed by atoms with E-state index in [0.29, 0.717) is 42.1 Å². The molecule has 4 rings (SSSR count). The van der Waals surface area contributed by atoms with E-state index in [-0.39, 0.29) is 33.1 Å². The smallest absolute Gasteiger partial charge is 0.261 e. The summed E-state index contributed by atoms with van der Waals surface area (Å²) in [7, 11) is -6.10. The minimum Gasteiger partial charge on any atom is -0.497 e. The van der Waals surface area contributed by atoms with Crippen LogP contribution in [0.3, 0.4) is 0 Å². The van der Waals surface area contributed by atoms with Gasteiger partial charge < -0.3 is 10.1 Å². The second-order valence-electron chi connectivity index (χ2n) is 9.00. The summed E-state index contributed by atoms with van der Waals surface area (Å²) in [6.45, 7) is 0.316. The predicted molar refractivity (Wildman–Crippen MR) is 152 cm³/mol. The molecule has 208 valence electrons. The monoisotopic (exact) mass is 611 g/mol. The van der Waals surface area contributed by atoms with Gasteiger partial charge in [0.1, 0.15) is 5.75 Å². The van der Waals surface area contributed by atoms with Crippen LogP contribution in [0.2, 0.25) is 10.0 Å². The Bertz CT molecular complexity index is 1530. The van der Waals surface area contributed by atoms with Crippen molar-refractivity contribution in [3.63, 3.8) is 0 Å². The fourth-order valence-corrected chi connectivity index (χ4v) is 7.61. The van der Waals surface area contributed by atoms with Crippen LogP contribution in [-0.4, -0.2) is 47.2 Å². The number of amides is 1. The van der Waals surface area contributed by atoms with E-state index in [1.807, 2.05) is 0 Å². The number of hydrogen-bond acceptors (Lipinski definition) is 6. The van der Waals surface area contributed by atoms with Gasteiger partial charge in [0.2, 0.25) is 15.9 Å². The number of rotatable bonds is 9. The summed E-state index contributed by atoms with van der Waals surface area (Å²) in [5.74, 6) is -0.685. The number of benzene rings is 3. The zero-order valence-electron chi connectivity index (χ0n) is 20.9. The van der Waals surface area contributed by atoms with Crippen LogP contribution in [0.4, 0.5) is 11.4 Å². The number of hydrogen-bond donors (Lipinski definition) is 2. The summed E-state index contributed by atoms with van der Waals surface area (Å²) >= 11 is 12.3. The van der Waals surface area contributed by atoms with E-state index in [9.17, 15) is 21.6 Å². The average molecular weight is 613 g/mol.